The predicted octanol–water partition coefficient (Wildman–Crippen LogP) is 2.88. The molecule has 2 aromatic carbocycles. The van der Waals surface area contributed by atoms with Crippen molar-refractivity contribution >= 4 is 17.9 Å². The molecule has 3 rings (SSSR count). The van der Waals surface area contributed by atoms with Gasteiger partial charge in [0, 0.05) is 24.7 Å². The summed E-state index contributed by atoms with van der Waals surface area (Å²) in [5.41, 5.74) is 3.05. The summed E-state index contributed by atoms with van der Waals surface area (Å²) in [5.74, 6) is -0.620. The Kier molecular flexibility index (Phi) is 8.46. The van der Waals surface area contributed by atoms with Crippen molar-refractivity contribution in [3.8, 4) is 28.5 Å². The molecule has 0 saturated carbocycles. The largest absolute Gasteiger partial charge is 0.497 e. The summed E-state index contributed by atoms with van der Waals surface area (Å²) in [6.07, 6.45) is 1.85. The molecule has 0 radical (unpaired) electrons. The van der Waals surface area contributed by atoms with Crippen molar-refractivity contribution in [3.05, 3.63) is 54.2 Å². The standard InChI is InChI=1S/C20H23N3O3.C2H2O4/c1-23-17(14-7-5-9-16(11-14)24-2)13-22-20(23)21-12-15-8-6-10-18(25-3)19(15)26-4;3-1(4)2(5)6/h5-11,13H,12H2,1-4H3,(H,21,22);(H,3,4)(H,5,6). The first-order valence-electron chi connectivity index (χ1n) is 9.38. The summed E-state index contributed by atoms with van der Waals surface area (Å²) >= 11 is 0. The summed E-state index contributed by atoms with van der Waals surface area (Å²) in [6, 6.07) is 13.7. The number of imidazole rings is 1. The van der Waals surface area contributed by atoms with Gasteiger partial charge in [-0.05, 0) is 18.2 Å². The van der Waals surface area contributed by atoms with Crippen LogP contribution < -0.4 is 19.5 Å². The molecule has 0 amide bonds. The third-order valence-electron chi connectivity index (χ3n) is 4.46. The van der Waals surface area contributed by atoms with E-state index in [-0.39, 0.29) is 0 Å². The predicted molar refractivity (Wildman–Crippen MR) is 117 cm³/mol. The van der Waals surface area contributed by atoms with E-state index in [1.807, 2.05) is 60.3 Å². The Morgan fingerprint density at radius 2 is 1.69 bits per heavy atom. The van der Waals surface area contributed by atoms with Crippen LogP contribution in [0.3, 0.4) is 0 Å². The second kappa shape index (κ2) is 11.3. The number of aliphatic carboxylic acids is 2. The fourth-order valence-corrected chi connectivity index (χ4v) is 2.89. The number of carboxylic acid groups (broad SMARTS) is 2. The number of carbonyl (C=O) groups is 2. The van der Waals surface area contributed by atoms with Crippen molar-refractivity contribution in [1.29, 1.82) is 0 Å². The average Bonchev–Trinajstić information content (AvgIpc) is 3.17. The lowest BCUT2D eigenvalue weighted by atomic mass is 10.1. The van der Waals surface area contributed by atoms with E-state index in [1.165, 1.54) is 0 Å². The number of nitrogens with one attached hydrogen (secondary N) is 1. The van der Waals surface area contributed by atoms with E-state index >= 15 is 0 Å². The number of rotatable bonds is 7. The Labute approximate surface area is 185 Å². The molecule has 0 fully saturated rings. The minimum atomic E-state index is -1.82. The van der Waals surface area contributed by atoms with Crippen LogP contribution in [-0.4, -0.2) is 53.0 Å². The van der Waals surface area contributed by atoms with Crippen molar-refractivity contribution in [2.75, 3.05) is 26.6 Å². The molecule has 3 N–H and O–H groups in total. The molecular formula is C22H25N3O7. The molecule has 170 valence electrons. The topological polar surface area (TPSA) is 132 Å². The maximum absolute atomic E-state index is 9.10. The zero-order valence-electron chi connectivity index (χ0n) is 18.2. The number of carboxylic acids is 2. The van der Waals surface area contributed by atoms with Crippen LogP contribution in [0.15, 0.2) is 48.7 Å². The van der Waals surface area contributed by atoms with Gasteiger partial charge in [0.25, 0.3) is 0 Å². The van der Waals surface area contributed by atoms with Gasteiger partial charge in [-0.3, -0.25) is 0 Å². The molecule has 32 heavy (non-hydrogen) atoms. The van der Waals surface area contributed by atoms with E-state index in [1.54, 1.807) is 21.3 Å². The Morgan fingerprint density at radius 1 is 1.00 bits per heavy atom. The highest BCUT2D eigenvalue weighted by Crippen LogP contribution is 2.31. The summed E-state index contributed by atoms with van der Waals surface area (Å²) in [5, 5.41) is 18.1. The monoisotopic (exact) mass is 443 g/mol. The molecule has 0 bridgehead atoms. The van der Waals surface area contributed by atoms with Gasteiger partial charge in [0.2, 0.25) is 5.95 Å². The van der Waals surface area contributed by atoms with E-state index in [9.17, 15) is 0 Å². The van der Waals surface area contributed by atoms with Crippen LogP contribution in [0.25, 0.3) is 11.3 Å². The normalized spacial score (nSPS) is 9.88. The molecule has 0 aliphatic rings. The minimum Gasteiger partial charge on any atom is -0.497 e. The van der Waals surface area contributed by atoms with Gasteiger partial charge in [-0.25, -0.2) is 14.6 Å². The van der Waals surface area contributed by atoms with Crippen LogP contribution in [0.5, 0.6) is 17.2 Å². The van der Waals surface area contributed by atoms with E-state index in [0.29, 0.717) is 12.3 Å². The van der Waals surface area contributed by atoms with Gasteiger partial charge in [0.15, 0.2) is 11.5 Å². The fourth-order valence-electron chi connectivity index (χ4n) is 2.89. The number of ether oxygens (including phenoxy) is 3. The van der Waals surface area contributed by atoms with Gasteiger partial charge in [-0.1, -0.05) is 24.3 Å². The summed E-state index contributed by atoms with van der Waals surface area (Å²) in [7, 11) is 6.92. The lowest BCUT2D eigenvalue weighted by Crippen LogP contribution is -2.09. The maximum Gasteiger partial charge on any atom is 0.414 e. The van der Waals surface area contributed by atoms with Crippen molar-refractivity contribution < 1.29 is 34.0 Å². The fraction of sp³-hybridized carbons (Fsp3) is 0.227. The maximum atomic E-state index is 9.10. The molecule has 0 unspecified atom stereocenters. The van der Waals surface area contributed by atoms with Gasteiger partial charge < -0.3 is 34.3 Å². The van der Waals surface area contributed by atoms with Crippen molar-refractivity contribution in [2.45, 2.75) is 6.54 Å². The van der Waals surface area contributed by atoms with Crippen LogP contribution in [-0.2, 0) is 23.2 Å². The van der Waals surface area contributed by atoms with Gasteiger partial charge in [0.05, 0.1) is 33.2 Å². The molecular weight excluding hydrogens is 418 g/mol. The first kappa shape index (κ1) is 24.1. The number of aromatic nitrogens is 2. The summed E-state index contributed by atoms with van der Waals surface area (Å²) in [6.45, 7) is 0.572. The SMILES string of the molecule is COc1cccc(-c2cnc(NCc3cccc(OC)c3OC)n2C)c1.O=C(O)C(=O)O. The molecule has 3 aromatic rings. The molecule has 0 aliphatic carbocycles. The Hall–Kier alpha value is -4.21. The van der Waals surface area contributed by atoms with E-state index < -0.39 is 11.9 Å². The van der Waals surface area contributed by atoms with Gasteiger partial charge in [-0.15, -0.1) is 0 Å². The average molecular weight is 443 g/mol. The molecule has 0 saturated heterocycles. The van der Waals surface area contributed by atoms with E-state index in [4.69, 9.17) is 34.0 Å². The number of hydrogen-bond donors (Lipinski definition) is 3. The van der Waals surface area contributed by atoms with Crippen molar-refractivity contribution in [1.82, 2.24) is 9.55 Å². The Balaban J connectivity index is 0.000000534. The second-order valence-electron chi connectivity index (χ2n) is 6.37. The van der Waals surface area contributed by atoms with Gasteiger partial charge >= 0.3 is 11.9 Å². The third kappa shape index (κ3) is 5.91. The highest BCUT2D eigenvalue weighted by atomic mass is 16.5. The highest BCUT2D eigenvalue weighted by molar-refractivity contribution is 6.27. The van der Waals surface area contributed by atoms with Gasteiger partial charge in [-0.2, -0.15) is 0 Å². The number of nitrogens with zero attached hydrogens (tertiary/aromatic N) is 2. The first-order valence-corrected chi connectivity index (χ1v) is 9.38. The van der Waals surface area contributed by atoms with Crippen molar-refractivity contribution in [2.24, 2.45) is 7.05 Å². The quantitative estimate of drug-likeness (QED) is 0.472. The Bertz CT molecular complexity index is 1070. The molecule has 10 heteroatoms. The zero-order chi connectivity index (χ0) is 23.7. The Morgan fingerprint density at radius 3 is 2.28 bits per heavy atom. The summed E-state index contributed by atoms with van der Waals surface area (Å²) in [4.78, 5) is 22.7. The first-order chi connectivity index (χ1) is 15.3. The molecule has 1 aromatic heterocycles. The highest BCUT2D eigenvalue weighted by Gasteiger charge is 2.12. The minimum absolute atomic E-state index is 0.572. The summed E-state index contributed by atoms with van der Waals surface area (Å²) < 4.78 is 18.2. The van der Waals surface area contributed by atoms with Gasteiger partial charge in [0.1, 0.15) is 5.75 Å². The molecule has 0 atom stereocenters. The third-order valence-corrected chi connectivity index (χ3v) is 4.46. The lowest BCUT2D eigenvalue weighted by Gasteiger charge is -2.14. The second-order valence-corrected chi connectivity index (χ2v) is 6.37. The molecule has 10 nitrogen and oxygen atoms in total. The van der Waals surface area contributed by atoms with E-state index in [2.05, 4.69) is 10.3 Å². The number of methoxy groups -OCH3 is 3. The number of anilines is 1. The van der Waals surface area contributed by atoms with Crippen LogP contribution in [0.4, 0.5) is 5.95 Å². The van der Waals surface area contributed by atoms with Crippen LogP contribution in [0.2, 0.25) is 0 Å². The van der Waals surface area contributed by atoms with Crippen LogP contribution >= 0.6 is 0 Å². The van der Waals surface area contributed by atoms with Crippen LogP contribution in [0, 0.1) is 0 Å². The molecule has 1 heterocycles. The van der Waals surface area contributed by atoms with Crippen molar-refractivity contribution in [3.63, 3.8) is 0 Å². The van der Waals surface area contributed by atoms with E-state index in [0.717, 1.165) is 34.3 Å². The lowest BCUT2D eigenvalue weighted by molar-refractivity contribution is -0.159. The molecule has 0 aliphatic heterocycles. The molecule has 0 spiro atoms. The number of para-hydroxylation sites is 1. The zero-order valence-corrected chi connectivity index (χ0v) is 18.2. The van der Waals surface area contributed by atoms with Crippen LogP contribution in [0.1, 0.15) is 5.56 Å². The smallest absolute Gasteiger partial charge is 0.414 e. The number of hydrogen-bond acceptors (Lipinski definition) is 7. The number of benzene rings is 2.